The third-order valence-electron chi connectivity index (χ3n) is 4.08. The molecule has 8 heteroatoms. The Bertz CT molecular complexity index is 757. The van der Waals surface area contributed by atoms with Gasteiger partial charge in [-0.05, 0) is 42.8 Å². The number of aromatic amines is 1. The summed E-state index contributed by atoms with van der Waals surface area (Å²) in [7, 11) is 0. The van der Waals surface area contributed by atoms with Crippen LogP contribution in [0.15, 0.2) is 24.5 Å². The van der Waals surface area contributed by atoms with E-state index >= 15 is 0 Å². The van der Waals surface area contributed by atoms with Crippen LogP contribution in [-0.4, -0.2) is 35.5 Å². The molecule has 2 aromatic rings. The van der Waals surface area contributed by atoms with Crippen molar-refractivity contribution in [3.8, 4) is 5.75 Å². The zero-order valence-electron chi connectivity index (χ0n) is 11.6. The first kappa shape index (κ1) is 15.8. The first-order chi connectivity index (χ1) is 10.3. The molecule has 1 saturated carbocycles. The number of H-pyrrole nitrogens is 1. The summed E-state index contributed by atoms with van der Waals surface area (Å²) >= 11 is 17.8. The monoisotopic (exact) mass is 359 g/mol. The Balaban J connectivity index is 1.93. The summed E-state index contributed by atoms with van der Waals surface area (Å²) in [6.07, 6.45) is 3.19. The van der Waals surface area contributed by atoms with E-state index in [-0.39, 0.29) is 18.7 Å². The molecule has 1 aliphatic rings. The van der Waals surface area contributed by atoms with Crippen LogP contribution in [0, 0.1) is 4.77 Å². The Morgan fingerprint density at radius 2 is 2.18 bits per heavy atom. The molecule has 0 amide bonds. The van der Waals surface area contributed by atoms with Gasteiger partial charge in [-0.15, -0.1) is 11.6 Å². The van der Waals surface area contributed by atoms with Crippen molar-refractivity contribution in [1.29, 1.82) is 0 Å². The van der Waals surface area contributed by atoms with Gasteiger partial charge in [0.1, 0.15) is 17.7 Å². The van der Waals surface area contributed by atoms with Crippen LogP contribution in [-0.2, 0) is 13.0 Å². The van der Waals surface area contributed by atoms with Gasteiger partial charge >= 0.3 is 0 Å². The minimum absolute atomic E-state index is 0.0834. The third kappa shape index (κ3) is 2.88. The number of aromatic nitrogens is 3. The number of benzene rings is 1. The van der Waals surface area contributed by atoms with E-state index in [0.29, 0.717) is 9.79 Å². The van der Waals surface area contributed by atoms with E-state index in [0.717, 1.165) is 18.4 Å². The molecular weight excluding hydrogens is 345 g/mol. The molecule has 0 saturated heterocycles. The lowest BCUT2D eigenvalue weighted by Gasteiger charge is -2.33. The number of nitrogens with zero attached hydrogens (tertiary/aromatic N) is 2. The lowest BCUT2D eigenvalue weighted by atomic mass is 9.89. The summed E-state index contributed by atoms with van der Waals surface area (Å²) in [5, 5.41) is 23.9. The van der Waals surface area contributed by atoms with Gasteiger partial charge in [0.2, 0.25) is 4.77 Å². The molecule has 0 bridgehead atoms. The molecule has 0 aliphatic heterocycles. The number of aromatic hydroxyl groups is 1. The van der Waals surface area contributed by atoms with E-state index in [2.05, 4.69) is 10.1 Å². The number of halogens is 2. The van der Waals surface area contributed by atoms with E-state index in [9.17, 15) is 10.2 Å². The van der Waals surface area contributed by atoms with Gasteiger partial charge in [-0.25, -0.2) is 4.98 Å². The molecular formula is C14H15Cl2N3O2S. The van der Waals surface area contributed by atoms with E-state index in [1.165, 1.54) is 18.5 Å². The van der Waals surface area contributed by atoms with Crippen LogP contribution < -0.4 is 0 Å². The van der Waals surface area contributed by atoms with Gasteiger partial charge in [0.15, 0.2) is 0 Å². The number of aliphatic hydroxyl groups is 1. The van der Waals surface area contributed by atoms with Crippen molar-refractivity contribution in [2.45, 2.75) is 36.3 Å². The van der Waals surface area contributed by atoms with Crippen molar-refractivity contribution in [2.75, 3.05) is 0 Å². The lowest BCUT2D eigenvalue weighted by molar-refractivity contribution is 0.00727. The van der Waals surface area contributed by atoms with Crippen LogP contribution in [0.25, 0.3) is 0 Å². The van der Waals surface area contributed by atoms with Gasteiger partial charge in [-0.2, -0.15) is 0 Å². The highest BCUT2D eigenvalue weighted by Crippen LogP contribution is 2.53. The predicted octanol–water partition coefficient (Wildman–Crippen LogP) is 3.04. The van der Waals surface area contributed by atoms with Crippen LogP contribution in [0.3, 0.4) is 0 Å². The molecule has 3 rings (SSSR count). The van der Waals surface area contributed by atoms with Crippen molar-refractivity contribution < 1.29 is 10.2 Å². The van der Waals surface area contributed by atoms with Crippen molar-refractivity contribution in [3.63, 3.8) is 0 Å². The summed E-state index contributed by atoms with van der Waals surface area (Å²) in [4.78, 5) is 3.25. The second-order valence-corrected chi connectivity index (χ2v) is 7.20. The van der Waals surface area contributed by atoms with Gasteiger partial charge in [-0.3, -0.25) is 9.78 Å². The fourth-order valence-corrected chi connectivity index (χ4v) is 3.21. The van der Waals surface area contributed by atoms with Crippen molar-refractivity contribution in [2.24, 2.45) is 0 Å². The molecule has 1 unspecified atom stereocenters. The summed E-state index contributed by atoms with van der Waals surface area (Å²) < 4.78 is 1.95. The Morgan fingerprint density at radius 3 is 2.73 bits per heavy atom. The molecule has 0 radical (unpaired) electrons. The average Bonchev–Trinajstić information content (AvgIpc) is 3.09. The first-order valence-electron chi connectivity index (χ1n) is 6.82. The molecule has 1 aromatic heterocycles. The second-order valence-electron chi connectivity index (χ2n) is 5.71. The summed E-state index contributed by atoms with van der Waals surface area (Å²) in [5.41, 5.74) is -0.500. The summed E-state index contributed by atoms with van der Waals surface area (Å²) in [5.74, 6) is 0.0834. The van der Waals surface area contributed by atoms with E-state index < -0.39 is 10.5 Å². The standard InChI is InChI=1S/C14H15Cl2N3O2S/c15-11-5-10(20)2-1-9(11)6-14(21,13(16)3-4-13)7-19-12(22)17-8-18-19/h1-2,5,8,20-21H,3-4,6-7H2,(H,17,18,22). The molecule has 118 valence electrons. The van der Waals surface area contributed by atoms with Crippen LogP contribution >= 0.6 is 35.4 Å². The average molecular weight is 360 g/mol. The Hall–Kier alpha value is -1.08. The number of nitrogens with one attached hydrogen (secondary N) is 1. The third-order valence-corrected chi connectivity index (χ3v) is 5.49. The fraction of sp³-hybridized carbons (Fsp3) is 0.429. The highest BCUT2D eigenvalue weighted by Gasteiger charge is 2.58. The quantitative estimate of drug-likeness (QED) is 0.566. The zero-order valence-corrected chi connectivity index (χ0v) is 13.9. The molecule has 1 atom stereocenters. The maximum atomic E-state index is 11.2. The van der Waals surface area contributed by atoms with E-state index in [1.54, 1.807) is 10.7 Å². The molecule has 1 heterocycles. The number of phenolic OH excluding ortho intramolecular Hbond substituents is 1. The largest absolute Gasteiger partial charge is 0.508 e. The molecule has 1 fully saturated rings. The number of hydrogen-bond acceptors (Lipinski definition) is 4. The van der Waals surface area contributed by atoms with Gasteiger partial charge in [0.05, 0.1) is 11.4 Å². The fourth-order valence-electron chi connectivity index (χ4n) is 2.58. The van der Waals surface area contributed by atoms with Gasteiger partial charge in [0, 0.05) is 11.4 Å². The summed E-state index contributed by atoms with van der Waals surface area (Å²) in [6.45, 7) is 0.201. The van der Waals surface area contributed by atoms with E-state index in [4.69, 9.17) is 35.4 Å². The van der Waals surface area contributed by atoms with Crippen LogP contribution in [0.4, 0.5) is 0 Å². The molecule has 3 N–H and O–H groups in total. The van der Waals surface area contributed by atoms with Gasteiger partial charge in [0.25, 0.3) is 0 Å². The van der Waals surface area contributed by atoms with Crippen molar-refractivity contribution >= 4 is 35.4 Å². The highest BCUT2D eigenvalue weighted by molar-refractivity contribution is 7.71. The first-order valence-corrected chi connectivity index (χ1v) is 7.98. The molecule has 1 aromatic carbocycles. The van der Waals surface area contributed by atoms with E-state index in [1.807, 2.05) is 0 Å². The normalized spacial score (nSPS) is 18.9. The predicted molar refractivity (Wildman–Crippen MR) is 87.0 cm³/mol. The van der Waals surface area contributed by atoms with Crippen molar-refractivity contribution in [3.05, 3.63) is 39.9 Å². The van der Waals surface area contributed by atoms with Crippen LogP contribution in [0.2, 0.25) is 5.02 Å². The van der Waals surface area contributed by atoms with Gasteiger partial charge in [-0.1, -0.05) is 17.7 Å². The smallest absolute Gasteiger partial charge is 0.215 e. The lowest BCUT2D eigenvalue weighted by Crippen LogP contribution is -2.47. The number of alkyl halides is 1. The molecule has 0 spiro atoms. The number of rotatable bonds is 5. The summed E-state index contributed by atoms with van der Waals surface area (Å²) in [6, 6.07) is 4.68. The maximum absolute atomic E-state index is 11.2. The molecule has 22 heavy (non-hydrogen) atoms. The Labute approximate surface area is 142 Å². The zero-order chi connectivity index (χ0) is 16.0. The molecule has 5 nitrogen and oxygen atoms in total. The second kappa shape index (κ2) is 5.53. The SMILES string of the molecule is Oc1ccc(CC(O)(Cn2[nH]cnc2=S)C2(Cl)CC2)c(Cl)c1. The van der Waals surface area contributed by atoms with Crippen LogP contribution in [0.1, 0.15) is 18.4 Å². The maximum Gasteiger partial charge on any atom is 0.215 e. The van der Waals surface area contributed by atoms with Crippen LogP contribution in [0.5, 0.6) is 5.75 Å². The molecule has 1 aliphatic carbocycles. The minimum Gasteiger partial charge on any atom is -0.508 e. The minimum atomic E-state index is -1.22. The number of hydrogen-bond donors (Lipinski definition) is 3. The topological polar surface area (TPSA) is 74.1 Å². The van der Waals surface area contributed by atoms with Gasteiger partial charge < -0.3 is 10.2 Å². The Morgan fingerprint density at radius 1 is 1.45 bits per heavy atom. The number of phenols is 1. The highest BCUT2D eigenvalue weighted by atomic mass is 35.5. The van der Waals surface area contributed by atoms with Crippen molar-refractivity contribution in [1.82, 2.24) is 14.8 Å². The Kier molecular flexibility index (Phi) is 3.97.